The molecule has 1 saturated heterocycles. The zero-order valence-electron chi connectivity index (χ0n) is 8.25. The Morgan fingerprint density at radius 2 is 1.93 bits per heavy atom. The van der Waals surface area contributed by atoms with Gasteiger partial charge >= 0.3 is 0 Å². The highest BCUT2D eigenvalue weighted by atomic mass is 35.5. The van der Waals surface area contributed by atoms with Crippen LogP contribution in [0.3, 0.4) is 0 Å². The molecule has 0 aromatic rings. The highest BCUT2D eigenvalue weighted by Crippen LogP contribution is 2.60. The molecule has 0 radical (unpaired) electrons. The van der Waals surface area contributed by atoms with Crippen molar-refractivity contribution in [1.82, 2.24) is 4.90 Å². The fourth-order valence-electron chi connectivity index (χ4n) is 2.49. The molecular formula is C10H14ClNO2. The Morgan fingerprint density at radius 3 is 2.29 bits per heavy atom. The molecule has 2 aliphatic rings. The van der Waals surface area contributed by atoms with Gasteiger partial charge in [0, 0.05) is 25.9 Å². The van der Waals surface area contributed by atoms with E-state index in [4.69, 9.17) is 11.6 Å². The summed E-state index contributed by atoms with van der Waals surface area (Å²) in [5.41, 5.74) is 0.158. The highest BCUT2D eigenvalue weighted by molar-refractivity contribution is 6.64. The second-order valence-electron chi connectivity index (χ2n) is 4.43. The van der Waals surface area contributed by atoms with E-state index in [1.54, 1.807) is 6.92 Å². The predicted octanol–water partition coefficient (Wildman–Crippen LogP) is 1.40. The van der Waals surface area contributed by atoms with Gasteiger partial charge in [-0.3, -0.25) is 9.59 Å². The molecule has 1 saturated carbocycles. The standard InChI is InChI=1S/C10H14ClNO2/c1-7(13)12-4-2-10(3-5-12)6-8(10)9(11)14/h8H,2-6H2,1H3. The molecule has 2 fully saturated rings. The molecule has 4 heteroatoms. The lowest BCUT2D eigenvalue weighted by molar-refractivity contribution is -0.130. The molecule has 1 heterocycles. The molecular weight excluding hydrogens is 202 g/mol. The van der Waals surface area contributed by atoms with E-state index in [1.807, 2.05) is 4.90 Å². The lowest BCUT2D eigenvalue weighted by Crippen LogP contribution is -2.38. The molecule has 0 aromatic heterocycles. The van der Waals surface area contributed by atoms with Crippen molar-refractivity contribution in [3.63, 3.8) is 0 Å². The number of carbonyl (C=O) groups is 2. The van der Waals surface area contributed by atoms with Gasteiger partial charge in [-0.2, -0.15) is 0 Å². The average Bonchev–Trinajstić information content (AvgIpc) is 2.80. The van der Waals surface area contributed by atoms with Crippen molar-refractivity contribution in [2.24, 2.45) is 11.3 Å². The van der Waals surface area contributed by atoms with Crippen molar-refractivity contribution in [2.45, 2.75) is 26.2 Å². The zero-order valence-corrected chi connectivity index (χ0v) is 9.01. The molecule has 2 rings (SSSR count). The number of hydrogen-bond acceptors (Lipinski definition) is 2. The molecule has 0 N–H and O–H groups in total. The van der Waals surface area contributed by atoms with Crippen LogP contribution in [0, 0.1) is 11.3 Å². The van der Waals surface area contributed by atoms with Gasteiger partial charge in [-0.1, -0.05) is 0 Å². The van der Waals surface area contributed by atoms with Gasteiger partial charge < -0.3 is 4.90 Å². The van der Waals surface area contributed by atoms with Crippen LogP contribution in [0.25, 0.3) is 0 Å². The second kappa shape index (κ2) is 3.23. The number of nitrogens with zero attached hydrogens (tertiary/aromatic N) is 1. The number of hydrogen-bond donors (Lipinski definition) is 0. The fraction of sp³-hybridized carbons (Fsp3) is 0.800. The molecule has 1 aliphatic carbocycles. The maximum atomic E-state index is 11.1. The Morgan fingerprint density at radius 1 is 1.36 bits per heavy atom. The third-order valence-corrected chi connectivity index (χ3v) is 3.93. The number of carbonyl (C=O) groups excluding carboxylic acids is 2. The van der Waals surface area contributed by atoms with Crippen LogP contribution in [0.2, 0.25) is 0 Å². The first-order valence-corrected chi connectivity index (χ1v) is 5.38. The summed E-state index contributed by atoms with van der Waals surface area (Å²) >= 11 is 5.48. The third kappa shape index (κ3) is 1.54. The number of halogens is 1. The Kier molecular flexibility index (Phi) is 2.30. The number of piperidine rings is 1. The Bertz CT molecular complexity index is 282. The molecule has 0 bridgehead atoms. The first kappa shape index (κ1) is 9.97. The zero-order chi connectivity index (χ0) is 10.3. The van der Waals surface area contributed by atoms with E-state index in [0.29, 0.717) is 0 Å². The summed E-state index contributed by atoms with van der Waals surface area (Å²) in [6, 6.07) is 0. The number of amides is 1. The lowest BCUT2D eigenvalue weighted by Gasteiger charge is -2.31. The van der Waals surface area contributed by atoms with Crippen molar-refractivity contribution < 1.29 is 9.59 Å². The summed E-state index contributed by atoms with van der Waals surface area (Å²) in [6.45, 7) is 3.17. The third-order valence-electron chi connectivity index (χ3n) is 3.67. The quantitative estimate of drug-likeness (QED) is 0.620. The molecule has 1 unspecified atom stereocenters. The number of rotatable bonds is 1. The molecule has 1 atom stereocenters. The van der Waals surface area contributed by atoms with Crippen molar-refractivity contribution in [2.75, 3.05) is 13.1 Å². The summed E-state index contributed by atoms with van der Waals surface area (Å²) in [6.07, 6.45) is 2.81. The summed E-state index contributed by atoms with van der Waals surface area (Å²) in [5, 5.41) is -0.193. The Hall–Kier alpha value is -0.570. The van der Waals surface area contributed by atoms with Gasteiger partial charge in [0.15, 0.2) is 0 Å². The van der Waals surface area contributed by atoms with E-state index in [2.05, 4.69) is 0 Å². The Labute approximate surface area is 88.4 Å². The van der Waals surface area contributed by atoms with Gasteiger partial charge in [-0.05, 0) is 36.3 Å². The van der Waals surface area contributed by atoms with Crippen molar-refractivity contribution >= 4 is 22.8 Å². The summed E-state index contributed by atoms with van der Waals surface area (Å²) in [5.74, 6) is 0.201. The first-order valence-electron chi connectivity index (χ1n) is 5.00. The molecule has 3 nitrogen and oxygen atoms in total. The first-order chi connectivity index (χ1) is 6.55. The normalized spacial score (nSPS) is 29.0. The minimum Gasteiger partial charge on any atom is -0.343 e. The van der Waals surface area contributed by atoms with Crippen LogP contribution in [0.1, 0.15) is 26.2 Å². The van der Waals surface area contributed by atoms with Crippen LogP contribution < -0.4 is 0 Å². The van der Waals surface area contributed by atoms with E-state index in [0.717, 1.165) is 32.4 Å². The predicted molar refractivity (Wildman–Crippen MR) is 52.9 cm³/mol. The van der Waals surface area contributed by atoms with E-state index < -0.39 is 0 Å². The lowest BCUT2D eigenvalue weighted by atomic mass is 9.91. The molecule has 0 aromatic carbocycles. The van der Waals surface area contributed by atoms with Crippen molar-refractivity contribution in [3.05, 3.63) is 0 Å². The molecule has 1 amide bonds. The maximum Gasteiger partial charge on any atom is 0.225 e. The topological polar surface area (TPSA) is 37.4 Å². The fourth-order valence-corrected chi connectivity index (χ4v) is 2.80. The highest BCUT2D eigenvalue weighted by Gasteiger charge is 2.58. The minimum absolute atomic E-state index is 0.0678. The van der Waals surface area contributed by atoms with E-state index >= 15 is 0 Å². The monoisotopic (exact) mass is 215 g/mol. The number of likely N-dealkylation sites (tertiary alicyclic amines) is 1. The summed E-state index contributed by atoms with van der Waals surface area (Å²) in [4.78, 5) is 23.9. The van der Waals surface area contributed by atoms with Crippen LogP contribution in [-0.2, 0) is 9.59 Å². The van der Waals surface area contributed by atoms with Crippen molar-refractivity contribution in [3.8, 4) is 0 Å². The summed E-state index contributed by atoms with van der Waals surface area (Å²) in [7, 11) is 0. The molecule has 1 spiro atoms. The van der Waals surface area contributed by atoms with Gasteiger partial charge in [-0.25, -0.2) is 0 Å². The van der Waals surface area contributed by atoms with Crippen LogP contribution in [0.15, 0.2) is 0 Å². The van der Waals surface area contributed by atoms with Crippen LogP contribution in [-0.4, -0.2) is 29.1 Å². The van der Waals surface area contributed by atoms with Crippen LogP contribution in [0.4, 0.5) is 0 Å². The van der Waals surface area contributed by atoms with Gasteiger partial charge in [0.05, 0.1) is 0 Å². The van der Waals surface area contributed by atoms with Gasteiger partial charge in [0.25, 0.3) is 0 Å². The molecule has 78 valence electrons. The Balaban J connectivity index is 1.92. The van der Waals surface area contributed by atoms with Crippen molar-refractivity contribution in [1.29, 1.82) is 0 Å². The van der Waals surface area contributed by atoms with Gasteiger partial charge in [0.1, 0.15) is 0 Å². The minimum atomic E-state index is -0.193. The molecule has 14 heavy (non-hydrogen) atoms. The molecule has 1 aliphatic heterocycles. The van der Waals surface area contributed by atoms with E-state index in [-0.39, 0.29) is 22.5 Å². The van der Waals surface area contributed by atoms with Crippen LogP contribution >= 0.6 is 11.6 Å². The van der Waals surface area contributed by atoms with E-state index in [9.17, 15) is 9.59 Å². The summed E-state index contributed by atoms with van der Waals surface area (Å²) < 4.78 is 0. The maximum absolute atomic E-state index is 11.1. The largest absolute Gasteiger partial charge is 0.343 e. The SMILES string of the molecule is CC(=O)N1CCC2(CC1)CC2C(=O)Cl. The second-order valence-corrected chi connectivity index (χ2v) is 4.80. The van der Waals surface area contributed by atoms with Gasteiger partial charge in [0.2, 0.25) is 11.1 Å². The smallest absolute Gasteiger partial charge is 0.225 e. The van der Waals surface area contributed by atoms with E-state index in [1.165, 1.54) is 0 Å². The average molecular weight is 216 g/mol. The van der Waals surface area contributed by atoms with Gasteiger partial charge in [-0.15, -0.1) is 0 Å². The van der Waals surface area contributed by atoms with Crippen LogP contribution in [0.5, 0.6) is 0 Å².